The summed E-state index contributed by atoms with van der Waals surface area (Å²) in [7, 11) is 0. The maximum atomic E-state index is 12.9. The zero-order valence-electron chi connectivity index (χ0n) is 18.1. The van der Waals surface area contributed by atoms with E-state index in [0.717, 1.165) is 24.8 Å². The van der Waals surface area contributed by atoms with Gasteiger partial charge in [-0.2, -0.15) is 5.26 Å². The largest absolute Gasteiger partial charge is 0.444 e. The molecule has 1 aromatic carbocycles. The van der Waals surface area contributed by atoms with Crippen LogP contribution in [0.15, 0.2) is 34.3 Å². The molecule has 0 radical (unpaired) electrons. The zero-order chi connectivity index (χ0) is 22.3. The van der Waals surface area contributed by atoms with Gasteiger partial charge >= 0.3 is 6.09 Å². The van der Waals surface area contributed by atoms with Crippen LogP contribution in [0.4, 0.5) is 4.79 Å². The predicted octanol–water partition coefficient (Wildman–Crippen LogP) is 5.85. The molecule has 1 aliphatic rings. The number of alkyl carbamates (subject to hydrolysis) is 1. The molecule has 1 aliphatic carbocycles. The lowest BCUT2D eigenvalue weighted by atomic mass is 9.97. The first-order valence-corrected chi connectivity index (χ1v) is 11.1. The minimum atomic E-state index is -0.594. The quantitative estimate of drug-likeness (QED) is 0.317. The Hall–Kier alpha value is -2.33. The number of rotatable bonds is 6. The number of hydrogen-bond acceptors (Lipinski definition) is 4. The first kappa shape index (κ1) is 23.9. The fourth-order valence-electron chi connectivity index (χ4n) is 3.29. The van der Waals surface area contributed by atoms with Gasteiger partial charge in [-0.15, -0.1) is 0 Å². The number of hydrogen-bond donors (Lipinski definition) is 1. The molecule has 162 valence electrons. The molecule has 30 heavy (non-hydrogen) atoms. The number of carbonyl (C=O) groups is 2. The number of ether oxygens (including phenoxy) is 1. The number of nitriles is 1. The van der Waals surface area contributed by atoms with E-state index in [1.165, 1.54) is 23.3 Å². The number of allylic oxidation sites excluding steroid dienone is 1. The van der Waals surface area contributed by atoms with Gasteiger partial charge in [0.25, 0.3) is 5.91 Å². The fraction of sp³-hybridized carbons (Fsp3) is 0.522. The van der Waals surface area contributed by atoms with Crippen molar-refractivity contribution in [2.24, 2.45) is 0 Å². The molecule has 2 amide bonds. The van der Waals surface area contributed by atoms with Crippen LogP contribution in [0.25, 0.3) is 0 Å². The highest BCUT2D eigenvalue weighted by Gasteiger charge is 2.21. The highest BCUT2D eigenvalue weighted by Crippen LogP contribution is 2.24. The molecule has 0 saturated heterocycles. The summed E-state index contributed by atoms with van der Waals surface area (Å²) < 4.78 is 6.00. The summed E-state index contributed by atoms with van der Waals surface area (Å²) in [6.45, 7) is 7.58. The van der Waals surface area contributed by atoms with E-state index < -0.39 is 11.7 Å². The highest BCUT2D eigenvalue weighted by atomic mass is 79.9. The summed E-state index contributed by atoms with van der Waals surface area (Å²) >= 11 is 3.43. The third-order valence-corrected chi connectivity index (χ3v) is 5.27. The second-order valence-electron chi connectivity index (χ2n) is 8.56. The van der Waals surface area contributed by atoms with E-state index in [4.69, 9.17) is 4.74 Å². The summed E-state index contributed by atoms with van der Waals surface area (Å²) in [6.07, 6.45) is 8.94. The molecular weight excluding hydrogens is 446 g/mol. The van der Waals surface area contributed by atoms with Gasteiger partial charge in [-0.3, -0.25) is 4.79 Å². The number of benzene rings is 1. The van der Waals surface area contributed by atoms with Gasteiger partial charge in [0, 0.05) is 16.6 Å². The molecule has 0 spiro atoms. The van der Waals surface area contributed by atoms with E-state index in [9.17, 15) is 14.9 Å². The van der Waals surface area contributed by atoms with Crippen molar-refractivity contribution in [3.05, 3.63) is 45.4 Å². The van der Waals surface area contributed by atoms with Crippen molar-refractivity contribution in [3.8, 4) is 6.19 Å². The summed E-state index contributed by atoms with van der Waals surface area (Å²) in [4.78, 5) is 26.2. The number of nitrogens with zero attached hydrogens (tertiary/aromatic N) is 2. The third-order valence-electron chi connectivity index (χ3n) is 4.81. The Morgan fingerprint density at radius 3 is 2.63 bits per heavy atom. The van der Waals surface area contributed by atoms with Crippen LogP contribution >= 0.6 is 15.9 Å². The molecule has 1 N–H and O–H groups in total. The van der Waals surface area contributed by atoms with Gasteiger partial charge in [0.05, 0.1) is 6.04 Å². The SMILES string of the molecule is CC(NC(=O)OC(C)(C)C)c1cc(Br)cc(C(=O)N(C#N)CCC2=CCCCC2)c1. The average Bonchev–Trinajstić information content (AvgIpc) is 2.67. The highest BCUT2D eigenvalue weighted by molar-refractivity contribution is 9.10. The molecule has 6 nitrogen and oxygen atoms in total. The number of carbonyl (C=O) groups excluding carboxylic acids is 2. The van der Waals surface area contributed by atoms with Crippen molar-refractivity contribution >= 4 is 27.9 Å². The van der Waals surface area contributed by atoms with Gasteiger partial charge in [-0.05, 0) is 83.6 Å². The minimum Gasteiger partial charge on any atom is -0.444 e. The Kier molecular flexibility index (Phi) is 8.48. The van der Waals surface area contributed by atoms with Crippen LogP contribution in [0.1, 0.15) is 81.8 Å². The molecule has 0 fully saturated rings. The van der Waals surface area contributed by atoms with Crippen molar-refractivity contribution in [1.82, 2.24) is 10.2 Å². The third kappa shape index (κ3) is 7.49. The van der Waals surface area contributed by atoms with Crippen molar-refractivity contribution < 1.29 is 14.3 Å². The molecule has 0 aromatic heterocycles. The van der Waals surface area contributed by atoms with E-state index in [1.54, 1.807) is 32.9 Å². The molecule has 2 rings (SSSR count). The molecule has 1 unspecified atom stereocenters. The Bertz CT molecular complexity index is 852. The first-order chi connectivity index (χ1) is 14.1. The van der Waals surface area contributed by atoms with Gasteiger partial charge in [0.2, 0.25) is 0 Å². The normalized spacial score (nSPS) is 14.9. The Morgan fingerprint density at radius 2 is 2.03 bits per heavy atom. The van der Waals surface area contributed by atoms with E-state index in [-0.39, 0.29) is 11.9 Å². The van der Waals surface area contributed by atoms with Crippen LogP contribution < -0.4 is 5.32 Å². The molecule has 7 heteroatoms. The molecular formula is C23H30BrN3O3. The molecule has 0 saturated carbocycles. The average molecular weight is 476 g/mol. The minimum absolute atomic E-state index is 0.346. The molecule has 0 heterocycles. The topological polar surface area (TPSA) is 82.4 Å². The van der Waals surface area contributed by atoms with Gasteiger partial charge in [0.15, 0.2) is 6.19 Å². The van der Waals surface area contributed by atoms with Gasteiger partial charge in [-0.1, -0.05) is 27.6 Å². The Labute approximate surface area is 187 Å². The number of nitrogens with one attached hydrogen (secondary N) is 1. The fourth-order valence-corrected chi connectivity index (χ4v) is 3.80. The van der Waals surface area contributed by atoms with Crippen molar-refractivity contribution in [3.63, 3.8) is 0 Å². The second-order valence-corrected chi connectivity index (χ2v) is 9.47. The monoisotopic (exact) mass is 475 g/mol. The van der Waals surface area contributed by atoms with Crippen molar-refractivity contribution in [2.45, 2.75) is 71.4 Å². The van der Waals surface area contributed by atoms with Crippen LogP contribution in [0, 0.1) is 11.5 Å². The number of amides is 2. The lowest BCUT2D eigenvalue weighted by molar-refractivity contribution is 0.0508. The van der Waals surface area contributed by atoms with Gasteiger partial charge in [0.1, 0.15) is 5.60 Å². The maximum absolute atomic E-state index is 12.9. The van der Waals surface area contributed by atoms with Crippen molar-refractivity contribution in [2.75, 3.05) is 6.54 Å². The zero-order valence-corrected chi connectivity index (χ0v) is 19.7. The first-order valence-electron chi connectivity index (χ1n) is 10.3. The lowest BCUT2D eigenvalue weighted by Crippen LogP contribution is -2.34. The summed E-state index contributed by atoms with van der Waals surface area (Å²) in [5, 5.41) is 12.3. The Balaban J connectivity index is 2.10. The molecule has 1 atom stereocenters. The van der Waals surface area contributed by atoms with Crippen LogP contribution in [0.5, 0.6) is 0 Å². The van der Waals surface area contributed by atoms with Crippen LogP contribution in [-0.4, -0.2) is 29.0 Å². The lowest BCUT2D eigenvalue weighted by Gasteiger charge is -2.22. The van der Waals surface area contributed by atoms with Crippen LogP contribution in [0.3, 0.4) is 0 Å². The molecule has 0 bridgehead atoms. The maximum Gasteiger partial charge on any atom is 0.408 e. The van der Waals surface area contributed by atoms with Crippen molar-refractivity contribution in [1.29, 1.82) is 5.26 Å². The second kappa shape index (κ2) is 10.6. The summed E-state index contributed by atoms with van der Waals surface area (Å²) in [6, 6.07) is 4.87. The van der Waals surface area contributed by atoms with Gasteiger partial charge < -0.3 is 10.1 Å². The van der Waals surface area contributed by atoms with E-state index in [0.29, 0.717) is 16.6 Å². The van der Waals surface area contributed by atoms with E-state index in [1.807, 2.05) is 19.2 Å². The smallest absolute Gasteiger partial charge is 0.408 e. The summed E-state index contributed by atoms with van der Waals surface area (Å²) in [5.74, 6) is -0.346. The standard InChI is InChI=1S/C23H30BrN3O3/c1-16(26-22(29)30-23(2,3)4)18-12-19(14-20(24)13-18)21(28)27(15-25)11-10-17-8-6-5-7-9-17/h8,12-14,16H,5-7,9-11H2,1-4H3,(H,26,29). The number of halogens is 1. The Morgan fingerprint density at radius 1 is 1.30 bits per heavy atom. The van der Waals surface area contributed by atoms with E-state index >= 15 is 0 Å². The van der Waals surface area contributed by atoms with Crippen LogP contribution in [0.2, 0.25) is 0 Å². The molecule has 0 aliphatic heterocycles. The summed E-state index contributed by atoms with van der Waals surface area (Å²) in [5.41, 5.74) is 1.87. The van der Waals surface area contributed by atoms with E-state index in [2.05, 4.69) is 27.3 Å². The predicted molar refractivity (Wildman–Crippen MR) is 120 cm³/mol. The van der Waals surface area contributed by atoms with Gasteiger partial charge in [-0.25, -0.2) is 9.69 Å². The molecule has 1 aromatic rings. The van der Waals surface area contributed by atoms with Crippen LogP contribution in [-0.2, 0) is 4.74 Å².